The molecule has 8 N–H and O–H groups in total. The first-order chi connectivity index (χ1) is 13.7. The molecule has 0 aromatic carbocycles. The molecule has 0 saturated carbocycles. The summed E-state index contributed by atoms with van der Waals surface area (Å²) in [6.45, 7) is 10.1. The first-order valence-corrected chi connectivity index (χ1v) is 9.86. The van der Waals surface area contributed by atoms with Crippen molar-refractivity contribution in [1.82, 2.24) is 16.0 Å². The summed E-state index contributed by atoms with van der Waals surface area (Å²) >= 11 is 0. The van der Waals surface area contributed by atoms with Gasteiger partial charge in [0.1, 0.15) is 18.1 Å². The van der Waals surface area contributed by atoms with E-state index in [1.807, 2.05) is 0 Å². The maximum Gasteiger partial charge on any atom is 0.326 e. The number of amides is 4. The molecule has 0 spiro atoms. The third-order valence-corrected chi connectivity index (χ3v) is 4.48. The van der Waals surface area contributed by atoms with Gasteiger partial charge in [0.05, 0.1) is 12.5 Å². The predicted octanol–water partition coefficient (Wildman–Crippen LogP) is -1.30. The van der Waals surface area contributed by atoms with Crippen LogP contribution in [-0.2, 0) is 24.0 Å². The molecule has 0 aliphatic rings. The van der Waals surface area contributed by atoms with Crippen molar-refractivity contribution in [1.29, 1.82) is 0 Å². The van der Waals surface area contributed by atoms with E-state index < -0.39 is 53.8 Å². The maximum absolute atomic E-state index is 12.8. The normalized spacial score (nSPS) is 15.3. The van der Waals surface area contributed by atoms with Crippen molar-refractivity contribution in [3.63, 3.8) is 0 Å². The molecule has 0 bridgehead atoms. The zero-order chi connectivity index (χ0) is 23.8. The van der Waals surface area contributed by atoms with Gasteiger partial charge in [0.2, 0.25) is 23.6 Å². The summed E-state index contributed by atoms with van der Waals surface area (Å²) in [5.41, 5.74) is 10.6. The van der Waals surface area contributed by atoms with Gasteiger partial charge in [-0.15, -0.1) is 0 Å². The van der Waals surface area contributed by atoms with Crippen molar-refractivity contribution >= 4 is 29.6 Å². The van der Waals surface area contributed by atoms with Crippen molar-refractivity contribution in [2.24, 2.45) is 29.2 Å². The highest BCUT2D eigenvalue weighted by Gasteiger charge is 2.33. The van der Waals surface area contributed by atoms with Crippen molar-refractivity contribution in [3.05, 3.63) is 0 Å². The molecule has 0 aliphatic heterocycles. The van der Waals surface area contributed by atoms with Crippen molar-refractivity contribution in [2.45, 2.75) is 72.1 Å². The first kappa shape index (κ1) is 27.3. The van der Waals surface area contributed by atoms with Crippen LogP contribution in [0.25, 0.3) is 0 Å². The van der Waals surface area contributed by atoms with E-state index >= 15 is 0 Å². The van der Waals surface area contributed by atoms with Crippen LogP contribution in [0.1, 0.15) is 48.0 Å². The van der Waals surface area contributed by atoms with Gasteiger partial charge < -0.3 is 32.5 Å². The molecule has 172 valence electrons. The molecular formula is C19H35N5O6. The molecule has 0 heterocycles. The van der Waals surface area contributed by atoms with E-state index in [1.165, 1.54) is 0 Å². The molecule has 4 unspecified atom stereocenters. The van der Waals surface area contributed by atoms with Crippen LogP contribution < -0.4 is 27.4 Å². The molecule has 4 atom stereocenters. The Balaban J connectivity index is 5.36. The van der Waals surface area contributed by atoms with Gasteiger partial charge in [-0.3, -0.25) is 19.2 Å². The lowest BCUT2D eigenvalue weighted by molar-refractivity contribution is -0.144. The number of hydrogen-bond donors (Lipinski definition) is 6. The highest BCUT2D eigenvalue weighted by Crippen LogP contribution is 2.09. The summed E-state index contributed by atoms with van der Waals surface area (Å²) in [5, 5.41) is 16.8. The minimum absolute atomic E-state index is 0.351. The van der Waals surface area contributed by atoms with Gasteiger partial charge in [-0.2, -0.15) is 0 Å². The largest absolute Gasteiger partial charge is 0.480 e. The second kappa shape index (κ2) is 12.1. The van der Waals surface area contributed by atoms with E-state index in [1.54, 1.807) is 41.5 Å². The number of carboxylic acid groups (broad SMARTS) is 1. The van der Waals surface area contributed by atoms with Crippen LogP contribution in [0.2, 0.25) is 0 Å². The molecule has 0 aliphatic carbocycles. The summed E-state index contributed by atoms with van der Waals surface area (Å²) in [4.78, 5) is 59.9. The molecule has 11 heteroatoms. The molecule has 0 aromatic rings. The van der Waals surface area contributed by atoms with Crippen LogP contribution >= 0.6 is 0 Å². The lowest BCUT2D eigenvalue weighted by atomic mass is 9.98. The number of nitrogens with two attached hydrogens (primary N) is 2. The first-order valence-electron chi connectivity index (χ1n) is 9.86. The molecule has 0 saturated heterocycles. The van der Waals surface area contributed by atoms with Gasteiger partial charge in [0.25, 0.3) is 0 Å². The molecule has 0 fully saturated rings. The molecular weight excluding hydrogens is 394 g/mol. The molecule has 4 amide bonds. The quantitative estimate of drug-likeness (QED) is 0.222. The van der Waals surface area contributed by atoms with Gasteiger partial charge in [-0.1, -0.05) is 41.5 Å². The zero-order valence-electron chi connectivity index (χ0n) is 18.4. The standard InChI is InChI=1S/C19H35N5O6/c1-8(2)13(22-16(26)11(20)7-12(21)25)17(27)23-14(9(3)4)18(28)24-15(10(5)6)19(29)30/h8-11,13-15H,7,20H2,1-6H3,(H2,21,25)(H,22,26)(H,23,27)(H,24,28)(H,29,30). The van der Waals surface area contributed by atoms with Crippen molar-refractivity contribution in [3.8, 4) is 0 Å². The Morgan fingerprint density at radius 3 is 1.33 bits per heavy atom. The number of primary amides is 1. The van der Waals surface area contributed by atoms with Crippen LogP contribution in [0.3, 0.4) is 0 Å². The Morgan fingerprint density at radius 2 is 1.03 bits per heavy atom. The van der Waals surface area contributed by atoms with Crippen molar-refractivity contribution < 1.29 is 29.1 Å². The topological polar surface area (TPSA) is 194 Å². The van der Waals surface area contributed by atoms with E-state index in [4.69, 9.17) is 11.5 Å². The van der Waals surface area contributed by atoms with E-state index in [0.717, 1.165) is 0 Å². The molecule has 0 rings (SSSR count). The zero-order valence-corrected chi connectivity index (χ0v) is 18.4. The van der Waals surface area contributed by atoms with E-state index in [0.29, 0.717) is 0 Å². The van der Waals surface area contributed by atoms with E-state index in [2.05, 4.69) is 16.0 Å². The SMILES string of the molecule is CC(C)C(NC(=O)C(NC(=O)C(NC(=O)C(N)CC(N)=O)C(C)C)C(C)C)C(=O)O. The third-order valence-electron chi connectivity index (χ3n) is 4.48. The Hall–Kier alpha value is -2.69. The summed E-state index contributed by atoms with van der Waals surface area (Å²) in [5.74, 6) is -4.98. The number of hydrogen-bond acceptors (Lipinski definition) is 6. The van der Waals surface area contributed by atoms with Crippen molar-refractivity contribution in [2.75, 3.05) is 0 Å². The fourth-order valence-electron chi connectivity index (χ4n) is 2.64. The highest BCUT2D eigenvalue weighted by atomic mass is 16.4. The van der Waals surface area contributed by atoms with Crippen LogP contribution in [0.15, 0.2) is 0 Å². The molecule has 0 radical (unpaired) electrons. The lowest BCUT2D eigenvalue weighted by Crippen LogP contribution is -2.60. The fourth-order valence-corrected chi connectivity index (χ4v) is 2.64. The third kappa shape index (κ3) is 8.76. The minimum atomic E-state index is -1.21. The number of carboxylic acids is 1. The Bertz CT molecular complexity index is 649. The number of nitrogens with one attached hydrogen (secondary N) is 3. The fraction of sp³-hybridized carbons (Fsp3) is 0.737. The number of rotatable bonds is 12. The highest BCUT2D eigenvalue weighted by molar-refractivity contribution is 5.95. The Kier molecular flexibility index (Phi) is 11.0. The average Bonchev–Trinajstić information content (AvgIpc) is 2.59. The van der Waals surface area contributed by atoms with Gasteiger partial charge in [-0.05, 0) is 17.8 Å². The monoisotopic (exact) mass is 429 g/mol. The Morgan fingerprint density at radius 1 is 0.700 bits per heavy atom. The van der Waals surface area contributed by atoms with Crippen LogP contribution in [0.4, 0.5) is 0 Å². The van der Waals surface area contributed by atoms with Gasteiger partial charge in [0, 0.05) is 0 Å². The molecule has 30 heavy (non-hydrogen) atoms. The number of carbonyl (C=O) groups excluding carboxylic acids is 4. The maximum atomic E-state index is 12.8. The van der Waals surface area contributed by atoms with Gasteiger partial charge in [0.15, 0.2) is 0 Å². The summed E-state index contributed by atoms with van der Waals surface area (Å²) in [6.07, 6.45) is -0.374. The summed E-state index contributed by atoms with van der Waals surface area (Å²) < 4.78 is 0. The van der Waals surface area contributed by atoms with E-state index in [9.17, 15) is 29.1 Å². The molecule has 0 aromatic heterocycles. The summed E-state index contributed by atoms with van der Waals surface area (Å²) in [6, 6.07) is -4.35. The average molecular weight is 430 g/mol. The molecule has 11 nitrogen and oxygen atoms in total. The van der Waals surface area contributed by atoms with Crippen LogP contribution in [-0.4, -0.2) is 58.9 Å². The van der Waals surface area contributed by atoms with Gasteiger partial charge in [-0.25, -0.2) is 4.79 Å². The van der Waals surface area contributed by atoms with Crippen LogP contribution in [0.5, 0.6) is 0 Å². The van der Waals surface area contributed by atoms with Gasteiger partial charge >= 0.3 is 5.97 Å². The number of aliphatic carboxylic acids is 1. The predicted molar refractivity (Wildman–Crippen MR) is 110 cm³/mol. The van der Waals surface area contributed by atoms with E-state index in [-0.39, 0.29) is 24.2 Å². The second-order valence-electron chi connectivity index (χ2n) is 8.31. The minimum Gasteiger partial charge on any atom is -0.480 e. The number of carbonyl (C=O) groups is 5. The summed E-state index contributed by atoms with van der Waals surface area (Å²) in [7, 11) is 0. The lowest BCUT2D eigenvalue weighted by Gasteiger charge is -2.29. The second-order valence-corrected chi connectivity index (χ2v) is 8.31. The van der Waals surface area contributed by atoms with Crippen LogP contribution in [0, 0.1) is 17.8 Å². The smallest absolute Gasteiger partial charge is 0.326 e. The Labute approximate surface area is 176 Å².